The molecule has 0 bridgehead atoms. The zero-order valence-corrected chi connectivity index (χ0v) is 13.0. The molecule has 0 radical (unpaired) electrons. The normalized spacial score (nSPS) is 11.3. The predicted octanol–water partition coefficient (Wildman–Crippen LogP) is 3.64. The number of nitrogens with zero attached hydrogens (tertiary/aromatic N) is 1. The van der Waals surface area contributed by atoms with E-state index in [1.165, 1.54) is 23.9 Å². The molecular formula is C17H11NO5S. The minimum Gasteiger partial charge on any atom is -0.504 e. The standard InChI is InChI=1S/C17H11NO5S/c19-12-6-5-10-9(7-14(20)23-16(10)15(12)21)8-24-17-18-11-3-1-2-4-13(11)22-17/h1-7,19,21H,8H2. The van der Waals surface area contributed by atoms with Crippen LogP contribution in [-0.4, -0.2) is 15.2 Å². The van der Waals surface area contributed by atoms with Crippen LogP contribution in [0.4, 0.5) is 0 Å². The van der Waals surface area contributed by atoms with Gasteiger partial charge in [-0.05, 0) is 29.8 Å². The lowest BCUT2D eigenvalue weighted by atomic mass is 10.1. The number of benzene rings is 2. The number of hydrogen-bond acceptors (Lipinski definition) is 7. The largest absolute Gasteiger partial charge is 0.504 e. The lowest BCUT2D eigenvalue weighted by molar-refractivity contribution is 0.397. The minimum absolute atomic E-state index is 0.0318. The Morgan fingerprint density at radius 2 is 1.92 bits per heavy atom. The van der Waals surface area contributed by atoms with Crippen molar-refractivity contribution in [2.24, 2.45) is 0 Å². The van der Waals surface area contributed by atoms with Crippen molar-refractivity contribution in [1.82, 2.24) is 4.98 Å². The molecule has 4 rings (SSSR count). The first-order valence-electron chi connectivity index (χ1n) is 7.08. The van der Waals surface area contributed by atoms with Gasteiger partial charge in [-0.15, -0.1) is 0 Å². The summed E-state index contributed by atoms with van der Waals surface area (Å²) in [5, 5.41) is 20.4. The Hall–Kier alpha value is -2.93. The van der Waals surface area contributed by atoms with Crippen LogP contribution < -0.4 is 5.63 Å². The summed E-state index contributed by atoms with van der Waals surface area (Å²) >= 11 is 1.33. The van der Waals surface area contributed by atoms with E-state index in [1.54, 1.807) is 6.07 Å². The Morgan fingerprint density at radius 3 is 2.75 bits per heavy atom. The Balaban J connectivity index is 1.71. The molecule has 2 aromatic heterocycles. The van der Waals surface area contributed by atoms with Crippen molar-refractivity contribution in [3.8, 4) is 11.5 Å². The van der Waals surface area contributed by atoms with E-state index in [4.69, 9.17) is 8.83 Å². The molecule has 0 amide bonds. The van der Waals surface area contributed by atoms with Crippen molar-refractivity contribution in [1.29, 1.82) is 0 Å². The van der Waals surface area contributed by atoms with Crippen molar-refractivity contribution >= 4 is 33.8 Å². The third-order valence-electron chi connectivity index (χ3n) is 3.58. The van der Waals surface area contributed by atoms with Crippen molar-refractivity contribution in [2.45, 2.75) is 11.0 Å². The van der Waals surface area contributed by atoms with Gasteiger partial charge in [-0.2, -0.15) is 0 Å². The topological polar surface area (TPSA) is 96.7 Å². The Morgan fingerprint density at radius 1 is 1.08 bits per heavy atom. The lowest BCUT2D eigenvalue weighted by Gasteiger charge is -2.06. The highest BCUT2D eigenvalue weighted by molar-refractivity contribution is 7.98. The van der Waals surface area contributed by atoms with Crippen LogP contribution in [0.25, 0.3) is 22.1 Å². The maximum absolute atomic E-state index is 11.7. The van der Waals surface area contributed by atoms with Crippen LogP contribution in [0.1, 0.15) is 5.56 Å². The van der Waals surface area contributed by atoms with Crippen molar-refractivity contribution < 1.29 is 19.0 Å². The summed E-state index contributed by atoms with van der Waals surface area (Å²) in [5.41, 5.74) is 1.48. The van der Waals surface area contributed by atoms with Crippen molar-refractivity contribution in [3.05, 3.63) is 58.4 Å². The van der Waals surface area contributed by atoms with E-state index in [-0.39, 0.29) is 11.3 Å². The highest BCUT2D eigenvalue weighted by atomic mass is 32.2. The molecule has 0 fully saturated rings. The molecule has 0 spiro atoms. The van der Waals surface area contributed by atoms with E-state index in [1.807, 2.05) is 24.3 Å². The quantitative estimate of drug-likeness (QED) is 0.333. The number of aromatic hydroxyl groups is 2. The molecule has 6 nitrogen and oxygen atoms in total. The number of para-hydroxylation sites is 2. The van der Waals surface area contributed by atoms with Crippen LogP contribution >= 0.6 is 11.8 Å². The van der Waals surface area contributed by atoms with E-state index in [9.17, 15) is 15.0 Å². The SMILES string of the molecule is O=c1cc(CSc2nc3ccccc3o2)c2ccc(O)c(O)c2o1. The van der Waals surface area contributed by atoms with E-state index in [0.717, 1.165) is 5.52 Å². The second-order valence-electron chi connectivity index (χ2n) is 5.14. The maximum atomic E-state index is 11.7. The summed E-state index contributed by atoms with van der Waals surface area (Å²) in [6.07, 6.45) is 0. The van der Waals surface area contributed by atoms with Gasteiger partial charge in [0.1, 0.15) is 5.52 Å². The Bertz CT molecular complexity index is 1080. The minimum atomic E-state index is -0.600. The molecule has 0 atom stereocenters. The summed E-state index contributed by atoms with van der Waals surface area (Å²) < 4.78 is 10.6. The number of oxazole rings is 1. The fourth-order valence-electron chi connectivity index (χ4n) is 2.44. The molecule has 0 aliphatic rings. The second kappa shape index (κ2) is 5.61. The molecule has 24 heavy (non-hydrogen) atoms. The summed E-state index contributed by atoms with van der Waals surface area (Å²) in [4.78, 5) is 16.1. The number of thioether (sulfide) groups is 1. The molecule has 0 aliphatic carbocycles. The van der Waals surface area contributed by atoms with Gasteiger partial charge in [-0.25, -0.2) is 9.78 Å². The summed E-state index contributed by atoms with van der Waals surface area (Å²) in [7, 11) is 0. The first-order valence-corrected chi connectivity index (χ1v) is 8.06. The van der Waals surface area contributed by atoms with Crippen LogP contribution in [-0.2, 0) is 5.75 Å². The maximum Gasteiger partial charge on any atom is 0.336 e. The molecule has 120 valence electrons. The average molecular weight is 341 g/mol. The lowest BCUT2D eigenvalue weighted by Crippen LogP contribution is -2.00. The number of phenolic OH excluding ortho intramolecular Hbond substituents is 2. The summed E-state index contributed by atoms with van der Waals surface area (Å²) in [6, 6.07) is 11.7. The van der Waals surface area contributed by atoms with Gasteiger partial charge in [-0.1, -0.05) is 23.9 Å². The number of fused-ring (bicyclic) bond motifs is 2. The Labute approximate surface area is 139 Å². The molecule has 4 aromatic rings. The first-order chi connectivity index (χ1) is 11.6. The monoisotopic (exact) mass is 341 g/mol. The van der Waals surface area contributed by atoms with Gasteiger partial charge in [-0.3, -0.25) is 0 Å². The Kier molecular flexibility index (Phi) is 3.42. The third kappa shape index (κ3) is 2.48. The zero-order valence-electron chi connectivity index (χ0n) is 12.2. The molecule has 0 aliphatic heterocycles. The van der Waals surface area contributed by atoms with Crippen LogP contribution in [0, 0.1) is 0 Å². The average Bonchev–Trinajstić information content (AvgIpc) is 2.99. The van der Waals surface area contributed by atoms with Gasteiger partial charge in [0.05, 0.1) is 0 Å². The van der Waals surface area contributed by atoms with Gasteiger partial charge in [0.15, 0.2) is 16.9 Å². The van der Waals surface area contributed by atoms with Crippen LogP contribution in [0.15, 0.2) is 61.3 Å². The van der Waals surface area contributed by atoms with E-state index >= 15 is 0 Å². The van der Waals surface area contributed by atoms with Crippen molar-refractivity contribution in [2.75, 3.05) is 0 Å². The number of rotatable bonds is 3. The highest BCUT2D eigenvalue weighted by Gasteiger charge is 2.14. The van der Waals surface area contributed by atoms with Gasteiger partial charge >= 0.3 is 5.63 Å². The number of hydrogen-bond donors (Lipinski definition) is 2. The molecule has 2 N–H and O–H groups in total. The van der Waals surface area contributed by atoms with E-state index < -0.39 is 11.4 Å². The highest BCUT2D eigenvalue weighted by Crippen LogP contribution is 2.35. The number of aromatic nitrogens is 1. The summed E-state index contributed by atoms with van der Waals surface area (Å²) in [5.74, 6) is -0.383. The van der Waals surface area contributed by atoms with Crippen molar-refractivity contribution in [3.63, 3.8) is 0 Å². The second-order valence-corrected chi connectivity index (χ2v) is 6.06. The fourth-order valence-corrected chi connectivity index (χ4v) is 3.27. The van der Waals surface area contributed by atoms with Gasteiger partial charge in [0.2, 0.25) is 5.75 Å². The molecule has 0 saturated heterocycles. The molecule has 7 heteroatoms. The molecule has 0 unspecified atom stereocenters. The van der Waals surface area contributed by atoms with E-state index in [0.29, 0.717) is 27.5 Å². The van der Waals surface area contributed by atoms with Gasteiger partial charge in [0, 0.05) is 17.2 Å². The first kappa shape index (κ1) is 14.6. The predicted molar refractivity (Wildman–Crippen MR) is 89.4 cm³/mol. The molecule has 2 heterocycles. The van der Waals surface area contributed by atoms with Gasteiger partial charge < -0.3 is 19.0 Å². The van der Waals surface area contributed by atoms with E-state index in [2.05, 4.69) is 4.98 Å². The smallest absolute Gasteiger partial charge is 0.336 e. The summed E-state index contributed by atoms with van der Waals surface area (Å²) in [6.45, 7) is 0. The van der Waals surface area contributed by atoms with Gasteiger partial charge in [0.25, 0.3) is 5.22 Å². The molecular weight excluding hydrogens is 330 g/mol. The van der Waals surface area contributed by atoms with Crippen LogP contribution in [0.2, 0.25) is 0 Å². The third-order valence-corrected chi connectivity index (χ3v) is 4.45. The molecule has 0 saturated carbocycles. The fraction of sp³-hybridized carbons (Fsp3) is 0.0588. The zero-order chi connectivity index (χ0) is 16.7. The van der Waals surface area contributed by atoms with Crippen LogP contribution in [0.5, 0.6) is 11.5 Å². The van der Waals surface area contributed by atoms with Crippen LogP contribution in [0.3, 0.4) is 0 Å². The number of phenols is 2. The molecule has 2 aromatic carbocycles.